The van der Waals surface area contributed by atoms with Crippen LogP contribution in [0.25, 0.3) is 0 Å². The van der Waals surface area contributed by atoms with Crippen LogP contribution < -0.4 is 4.72 Å². The van der Waals surface area contributed by atoms with Gasteiger partial charge in [0, 0.05) is 19.1 Å². The minimum absolute atomic E-state index is 0.0867. The van der Waals surface area contributed by atoms with Crippen molar-refractivity contribution in [2.24, 2.45) is 5.92 Å². The van der Waals surface area contributed by atoms with Crippen LogP contribution in [0.4, 0.5) is 0 Å². The highest BCUT2D eigenvalue weighted by Gasteiger charge is 2.26. The maximum Gasteiger partial charge on any atom is 0.240 e. The molecule has 2 rings (SSSR count). The van der Waals surface area contributed by atoms with Gasteiger partial charge >= 0.3 is 0 Å². The zero-order valence-corrected chi connectivity index (χ0v) is 11.5. The highest BCUT2D eigenvalue weighted by atomic mass is 32.2. The molecule has 1 N–H and O–H groups in total. The Bertz CT molecular complexity index is 575. The summed E-state index contributed by atoms with van der Waals surface area (Å²) in [5.74, 6) is 0.216. The first-order valence-corrected chi connectivity index (χ1v) is 7.62. The third kappa shape index (κ3) is 3.32. The van der Waals surface area contributed by atoms with Crippen molar-refractivity contribution in [2.45, 2.75) is 24.3 Å². The number of nitrogens with zero attached hydrogens (tertiary/aromatic N) is 1. The Labute approximate surface area is 113 Å². The Kier molecular flexibility index (Phi) is 4.20. The topological polar surface area (TPSA) is 79.2 Å². The number of hydrogen-bond donors (Lipinski definition) is 1. The first kappa shape index (κ1) is 14.0. The molecule has 102 valence electrons. The van der Waals surface area contributed by atoms with Crippen molar-refractivity contribution in [1.82, 2.24) is 4.72 Å². The molecule has 1 heterocycles. The fourth-order valence-electron chi connectivity index (χ4n) is 2.05. The Balaban J connectivity index is 2.03. The lowest BCUT2D eigenvalue weighted by Gasteiger charge is -2.14. The predicted molar refractivity (Wildman–Crippen MR) is 69.9 cm³/mol. The van der Waals surface area contributed by atoms with Crippen molar-refractivity contribution >= 4 is 10.0 Å². The molecule has 2 unspecified atom stereocenters. The van der Waals surface area contributed by atoms with Gasteiger partial charge in [0.25, 0.3) is 0 Å². The fraction of sp³-hybridized carbons (Fsp3) is 0.462. The van der Waals surface area contributed by atoms with Crippen molar-refractivity contribution in [3.05, 3.63) is 29.8 Å². The second-order valence-electron chi connectivity index (χ2n) is 4.61. The summed E-state index contributed by atoms with van der Waals surface area (Å²) in [6.07, 6.45) is 0.959. The molecule has 1 aromatic carbocycles. The van der Waals surface area contributed by atoms with Crippen LogP contribution in [0.15, 0.2) is 29.2 Å². The van der Waals surface area contributed by atoms with Crippen molar-refractivity contribution in [2.75, 3.05) is 13.2 Å². The average Bonchev–Trinajstić information content (AvgIpc) is 2.82. The van der Waals surface area contributed by atoms with Crippen LogP contribution in [-0.2, 0) is 14.8 Å². The van der Waals surface area contributed by atoms with Gasteiger partial charge in [-0.05, 0) is 37.6 Å². The number of ether oxygens (including phenoxy) is 1. The normalized spacial score (nSPS) is 23.2. The third-order valence-corrected chi connectivity index (χ3v) is 4.80. The van der Waals surface area contributed by atoms with Gasteiger partial charge < -0.3 is 4.74 Å². The second kappa shape index (κ2) is 5.70. The van der Waals surface area contributed by atoms with Gasteiger partial charge in [-0.15, -0.1) is 0 Å². The van der Waals surface area contributed by atoms with Gasteiger partial charge in [-0.3, -0.25) is 0 Å². The smallest absolute Gasteiger partial charge is 0.240 e. The molecule has 1 aromatic rings. The molecule has 2 atom stereocenters. The van der Waals surface area contributed by atoms with Crippen LogP contribution in [0.1, 0.15) is 18.9 Å². The Morgan fingerprint density at radius 1 is 1.42 bits per heavy atom. The van der Waals surface area contributed by atoms with Gasteiger partial charge in [0.05, 0.1) is 22.6 Å². The van der Waals surface area contributed by atoms with Crippen LogP contribution in [0.5, 0.6) is 0 Å². The first-order valence-electron chi connectivity index (χ1n) is 6.14. The lowest BCUT2D eigenvalue weighted by molar-refractivity contribution is 0.107. The predicted octanol–water partition coefficient (Wildman–Crippen LogP) is 1.26. The van der Waals surface area contributed by atoms with E-state index in [1.165, 1.54) is 24.3 Å². The summed E-state index contributed by atoms with van der Waals surface area (Å²) in [7, 11) is -3.51. The number of rotatable bonds is 4. The molecule has 19 heavy (non-hydrogen) atoms. The van der Waals surface area contributed by atoms with E-state index in [1.807, 2.05) is 13.0 Å². The van der Waals surface area contributed by atoms with E-state index in [-0.39, 0.29) is 16.9 Å². The Morgan fingerprint density at radius 2 is 2.11 bits per heavy atom. The van der Waals surface area contributed by atoms with Gasteiger partial charge in [-0.1, -0.05) is 0 Å². The summed E-state index contributed by atoms with van der Waals surface area (Å²) in [5.41, 5.74) is 0.441. The van der Waals surface area contributed by atoms with Crippen molar-refractivity contribution in [3.63, 3.8) is 0 Å². The highest BCUT2D eigenvalue weighted by Crippen LogP contribution is 2.20. The molecule has 0 radical (unpaired) electrons. The summed E-state index contributed by atoms with van der Waals surface area (Å²) in [4.78, 5) is 0.179. The van der Waals surface area contributed by atoms with E-state index in [0.29, 0.717) is 18.7 Å². The molecule has 0 amide bonds. The van der Waals surface area contributed by atoms with Gasteiger partial charge in [0.15, 0.2) is 0 Å². The van der Waals surface area contributed by atoms with Gasteiger partial charge in [-0.25, -0.2) is 13.1 Å². The fourth-order valence-corrected chi connectivity index (χ4v) is 3.15. The van der Waals surface area contributed by atoms with E-state index in [4.69, 9.17) is 10.00 Å². The molecule has 0 aromatic heterocycles. The van der Waals surface area contributed by atoms with E-state index in [9.17, 15) is 8.42 Å². The standard InChI is InChI=1S/C13H16N2O3S/c1-10-12(6-7-18-10)9-15-19(16,17)13-4-2-11(8-14)3-5-13/h2-5,10,12,15H,6-7,9H2,1H3. The molecule has 0 saturated carbocycles. The van der Waals surface area contributed by atoms with Gasteiger partial charge in [0.2, 0.25) is 10.0 Å². The lowest BCUT2D eigenvalue weighted by atomic mass is 10.0. The van der Waals surface area contributed by atoms with E-state index in [1.54, 1.807) is 0 Å². The molecule has 0 aliphatic carbocycles. The molecular formula is C13H16N2O3S. The van der Waals surface area contributed by atoms with E-state index in [2.05, 4.69) is 4.72 Å². The molecule has 1 fully saturated rings. The summed E-state index contributed by atoms with van der Waals surface area (Å²) in [6, 6.07) is 7.83. The van der Waals surface area contributed by atoms with Crippen LogP contribution >= 0.6 is 0 Å². The zero-order chi connectivity index (χ0) is 13.9. The molecule has 1 aliphatic rings. The zero-order valence-electron chi connectivity index (χ0n) is 10.7. The van der Waals surface area contributed by atoms with Crippen molar-refractivity contribution in [3.8, 4) is 6.07 Å². The van der Waals surface area contributed by atoms with E-state index >= 15 is 0 Å². The van der Waals surface area contributed by atoms with E-state index in [0.717, 1.165) is 6.42 Å². The van der Waals surface area contributed by atoms with Crippen LogP contribution in [0.3, 0.4) is 0 Å². The summed E-state index contributed by atoms with van der Waals surface area (Å²) >= 11 is 0. The minimum Gasteiger partial charge on any atom is -0.378 e. The number of nitrogens with one attached hydrogen (secondary N) is 1. The summed E-state index contributed by atoms with van der Waals surface area (Å²) in [5, 5.41) is 8.68. The van der Waals surface area contributed by atoms with Gasteiger partial charge in [-0.2, -0.15) is 5.26 Å². The SMILES string of the molecule is CC1OCCC1CNS(=O)(=O)c1ccc(C#N)cc1. The third-order valence-electron chi connectivity index (χ3n) is 3.36. The number of sulfonamides is 1. The summed E-state index contributed by atoms with van der Waals surface area (Å²) in [6.45, 7) is 3.02. The largest absolute Gasteiger partial charge is 0.378 e. The number of hydrogen-bond acceptors (Lipinski definition) is 4. The molecule has 6 heteroatoms. The Morgan fingerprint density at radius 3 is 2.63 bits per heavy atom. The maximum atomic E-state index is 12.1. The molecule has 0 spiro atoms. The molecule has 5 nitrogen and oxygen atoms in total. The summed E-state index contributed by atoms with van der Waals surface area (Å²) < 4.78 is 32.1. The lowest BCUT2D eigenvalue weighted by Crippen LogP contribution is -2.32. The Hall–Kier alpha value is -1.42. The molecule has 1 saturated heterocycles. The average molecular weight is 280 g/mol. The van der Waals surface area contributed by atoms with Gasteiger partial charge in [0.1, 0.15) is 0 Å². The minimum atomic E-state index is -3.51. The highest BCUT2D eigenvalue weighted by molar-refractivity contribution is 7.89. The molecule has 1 aliphatic heterocycles. The van der Waals surface area contributed by atoms with Crippen molar-refractivity contribution < 1.29 is 13.2 Å². The first-order chi connectivity index (χ1) is 9.03. The van der Waals surface area contributed by atoms with E-state index < -0.39 is 10.0 Å². The van der Waals surface area contributed by atoms with Crippen LogP contribution in [0, 0.1) is 17.2 Å². The second-order valence-corrected chi connectivity index (χ2v) is 6.38. The van der Waals surface area contributed by atoms with Crippen molar-refractivity contribution in [1.29, 1.82) is 5.26 Å². The quantitative estimate of drug-likeness (QED) is 0.900. The number of nitriles is 1. The molecular weight excluding hydrogens is 264 g/mol. The maximum absolute atomic E-state index is 12.1. The van der Waals surface area contributed by atoms with Crippen LogP contribution in [0.2, 0.25) is 0 Å². The molecule has 0 bridgehead atoms. The van der Waals surface area contributed by atoms with Crippen LogP contribution in [-0.4, -0.2) is 27.7 Å². The number of benzene rings is 1. The monoisotopic (exact) mass is 280 g/mol.